The molecule has 5 heteroatoms. The molecule has 0 heterocycles. The Hall–Kier alpha value is 0.530. The van der Waals surface area contributed by atoms with Crippen molar-refractivity contribution < 1.29 is 0 Å². The predicted molar refractivity (Wildman–Crippen MR) is 34.0 cm³/mol. The van der Waals surface area contributed by atoms with Crippen molar-refractivity contribution in [3.63, 3.8) is 0 Å². The van der Waals surface area contributed by atoms with Gasteiger partial charge in [0.15, 0.2) is 0 Å². The monoisotopic (exact) mass is 162 g/mol. The van der Waals surface area contributed by atoms with Gasteiger partial charge < -0.3 is 0 Å². The predicted octanol–water partition coefficient (Wildman–Crippen LogP) is 1.32. The molecule has 0 fully saturated rings. The van der Waals surface area contributed by atoms with Crippen molar-refractivity contribution >= 4 is 34.8 Å². The number of halogens is 3. The number of hydrogen-bond donors (Lipinski definition) is 2. The van der Waals surface area contributed by atoms with Crippen LogP contribution in [0.15, 0.2) is 10.0 Å². The Labute approximate surface area is 57.0 Å². The Kier molecular flexibility index (Phi) is 14.6. The van der Waals surface area contributed by atoms with Crippen LogP contribution in [0, 0.1) is 0 Å². The molecule has 0 aromatic rings. The number of hydrazine groups is 1. The third-order valence-electron chi connectivity index (χ3n) is 0.0825. The van der Waals surface area contributed by atoms with Crippen LogP contribution < -0.4 is 11.7 Å². The molecule has 2 nitrogen and oxygen atoms in total. The molecule has 0 amide bonds. The molecule has 0 aliphatic heterocycles. The van der Waals surface area contributed by atoms with Crippen LogP contribution in [0.5, 0.6) is 0 Å². The first-order valence-electron chi connectivity index (χ1n) is 1.22. The first-order chi connectivity index (χ1) is 3.27. The van der Waals surface area contributed by atoms with Gasteiger partial charge >= 0.3 is 0 Å². The molecule has 0 atom stereocenters. The highest BCUT2D eigenvalue weighted by Crippen LogP contribution is 2.05. The Balaban J connectivity index is 0. The fraction of sp³-hybridized carbons (Fsp3) is 0. The van der Waals surface area contributed by atoms with E-state index in [0.717, 1.165) is 5.54 Å². The average Bonchev–Trinajstić information content (AvgIpc) is 1.73. The van der Waals surface area contributed by atoms with Gasteiger partial charge in [0.05, 0.1) is 0 Å². The van der Waals surface area contributed by atoms with E-state index in [0.29, 0.717) is 0 Å². The molecule has 0 spiro atoms. The van der Waals surface area contributed by atoms with E-state index in [1.54, 1.807) is 0 Å². The number of hydrogen-bond acceptors (Lipinski definition) is 2. The first kappa shape index (κ1) is 10.5. The maximum atomic E-state index is 4.96. The Morgan fingerprint density at radius 2 is 1.43 bits per heavy atom. The fourth-order valence-corrected chi connectivity index (χ4v) is 0. The molecule has 0 radical (unpaired) electrons. The van der Waals surface area contributed by atoms with Gasteiger partial charge in [-0.15, -0.1) is 0 Å². The van der Waals surface area contributed by atoms with E-state index < -0.39 is 0 Å². The van der Waals surface area contributed by atoms with Crippen molar-refractivity contribution in [1.82, 2.24) is 0 Å². The summed E-state index contributed by atoms with van der Waals surface area (Å²) in [5.74, 6) is 8.00. The van der Waals surface area contributed by atoms with Crippen LogP contribution in [0.4, 0.5) is 0 Å². The summed E-state index contributed by atoms with van der Waals surface area (Å²) >= 11 is 14.8. The van der Waals surface area contributed by atoms with Gasteiger partial charge in [-0.3, -0.25) is 11.7 Å². The van der Waals surface area contributed by atoms with Crippen molar-refractivity contribution in [3.05, 3.63) is 10.0 Å². The highest BCUT2D eigenvalue weighted by molar-refractivity contribution is 6.58. The van der Waals surface area contributed by atoms with Crippen LogP contribution in [0.1, 0.15) is 0 Å². The van der Waals surface area contributed by atoms with Gasteiger partial charge in [0.2, 0.25) is 0 Å². The van der Waals surface area contributed by atoms with Gasteiger partial charge in [-0.2, -0.15) is 0 Å². The molecule has 0 aromatic carbocycles. The second-order valence-electron chi connectivity index (χ2n) is 0.399. The highest BCUT2D eigenvalue weighted by atomic mass is 35.5. The largest absolute Gasteiger partial charge is 0.274 e. The van der Waals surface area contributed by atoms with Crippen LogP contribution in [-0.2, 0) is 0 Å². The third-order valence-corrected chi connectivity index (χ3v) is 0.742. The normalized spacial score (nSPS) is 5.86. The lowest BCUT2D eigenvalue weighted by Crippen LogP contribution is -2.02. The molecule has 0 bridgehead atoms. The molecular weight excluding hydrogens is 158 g/mol. The zero-order chi connectivity index (χ0) is 6.28. The van der Waals surface area contributed by atoms with E-state index in [-0.39, 0.29) is 4.49 Å². The third kappa shape index (κ3) is 20.9. The molecule has 44 valence electrons. The SMILES string of the molecule is ClC=C(Cl)Cl.NN. The lowest BCUT2D eigenvalue weighted by Gasteiger charge is -1.64. The molecule has 0 rings (SSSR count). The second kappa shape index (κ2) is 9.73. The van der Waals surface area contributed by atoms with Gasteiger partial charge in [0.1, 0.15) is 4.49 Å². The van der Waals surface area contributed by atoms with E-state index >= 15 is 0 Å². The van der Waals surface area contributed by atoms with Crippen molar-refractivity contribution in [3.8, 4) is 0 Å². The molecule has 7 heavy (non-hydrogen) atoms. The molecule has 0 aliphatic carbocycles. The molecule has 0 aliphatic rings. The minimum absolute atomic E-state index is 0.0895. The first-order valence-corrected chi connectivity index (χ1v) is 2.41. The van der Waals surface area contributed by atoms with Crippen LogP contribution in [-0.4, -0.2) is 0 Å². The maximum Gasteiger partial charge on any atom is 0.118 e. The van der Waals surface area contributed by atoms with Crippen molar-refractivity contribution in [2.75, 3.05) is 0 Å². The Bertz CT molecular complexity index is 48.9. The van der Waals surface area contributed by atoms with Crippen LogP contribution >= 0.6 is 34.8 Å². The molecule has 0 saturated heterocycles. The van der Waals surface area contributed by atoms with E-state index in [1.165, 1.54) is 0 Å². The summed E-state index contributed by atoms with van der Waals surface area (Å²) in [6, 6.07) is 0. The van der Waals surface area contributed by atoms with E-state index in [9.17, 15) is 0 Å². The van der Waals surface area contributed by atoms with E-state index in [1.807, 2.05) is 0 Å². The van der Waals surface area contributed by atoms with E-state index in [2.05, 4.69) is 11.7 Å². The molecular formula is C2H5Cl3N2. The van der Waals surface area contributed by atoms with Crippen molar-refractivity contribution in [2.45, 2.75) is 0 Å². The van der Waals surface area contributed by atoms with Crippen molar-refractivity contribution in [2.24, 2.45) is 11.7 Å². The van der Waals surface area contributed by atoms with Gasteiger partial charge in [-0.05, 0) is 0 Å². The van der Waals surface area contributed by atoms with E-state index in [4.69, 9.17) is 34.8 Å². The molecule has 0 unspecified atom stereocenters. The second-order valence-corrected chi connectivity index (χ2v) is 1.62. The van der Waals surface area contributed by atoms with Gasteiger partial charge in [-0.25, -0.2) is 0 Å². The molecule has 0 saturated carbocycles. The maximum absolute atomic E-state index is 4.96. The van der Waals surface area contributed by atoms with Crippen LogP contribution in [0.2, 0.25) is 0 Å². The van der Waals surface area contributed by atoms with Crippen molar-refractivity contribution in [1.29, 1.82) is 0 Å². The number of nitrogens with two attached hydrogens (primary N) is 2. The highest BCUT2D eigenvalue weighted by Gasteiger charge is 1.70. The smallest absolute Gasteiger partial charge is 0.118 e. The minimum Gasteiger partial charge on any atom is -0.274 e. The van der Waals surface area contributed by atoms with Gasteiger partial charge in [-0.1, -0.05) is 34.8 Å². The zero-order valence-corrected chi connectivity index (χ0v) is 5.63. The van der Waals surface area contributed by atoms with Gasteiger partial charge in [0.25, 0.3) is 0 Å². The summed E-state index contributed by atoms with van der Waals surface area (Å²) in [4.78, 5) is 0. The lowest BCUT2D eigenvalue weighted by molar-refractivity contribution is 1.26. The summed E-state index contributed by atoms with van der Waals surface area (Å²) in [5, 5.41) is 0. The number of rotatable bonds is 0. The summed E-state index contributed by atoms with van der Waals surface area (Å²) in [6.07, 6.45) is 0. The average molecular weight is 163 g/mol. The fourth-order valence-electron chi connectivity index (χ4n) is 0. The zero-order valence-electron chi connectivity index (χ0n) is 3.37. The lowest BCUT2D eigenvalue weighted by atomic mass is 11.2. The molecule has 0 aromatic heterocycles. The Morgan fingerprint density at radius 1 is 1.29 bits per heavy atom. The molecule has 4 N–H and O–H groups in total. The summed E-state index contributed by atoms with van der Waals surface area (Å²) < 4.78 is 0.0895. The van der Waals surface area contributed by atoms with Gasteiger partial charge in [0, 0.05) is 5.54 Å². The topological polar surface area (TPSA) is 52.0 Å². The summed E-state index contributed by atoms with van der Waals surface area (Å²) in [7, 11) is 0. The summed E-state index contributed by atoms with van der Waals surface area (Å²) in [5.41, 5.74) is 1.09. The quantitative estimate of drug-likeness (QED) is 0.418. The standard InChI is InChI=1S/C2HCl3.H4N2/c3-1-2(4)5;1-2/h1H;1-2H2. The van der Waals surface area contributed by atoms with Crippen LogP contribution in [0.25, 0.3) is 0 Å². The Morgan fingerprint density at radius 3 is 1.43 bits per heavy atom. The summed E-state index contributed by atoms with van der Waals surface area (Å²) in [6.45, 7) is 0. The van der Waals surface area contributed by atoms with Crippen LogP contribution in [0.3, 0.4) is 0 Å². The minimum atomic E-state index is 0.0895.